The van der Waals surface area contributed by atoms with Crippen LogP contribution < -0.4 is 9.04 Å². The van der Waals surface area contributed by atoms with Crippen LogP contribution in [0, 0.1) is 6.92 Å². The minimum Gasteiger partial charge on any atom is -0.493 e. The predicted octanol–water partition coefficient (Wildman–Crippen LogP) is 4.59. The molecule has 2 aliphatic heterocycles. The maximum atomic E-state index is 5.94. The minimum absolute atomic E-state index is 0.286. The first kappa shape index (κ1) is 16.0. The van der Waals surface area contributed by atoms with Crippen LogP contribution in [-0.2, 0) is 0 Å². The Morgan fingerprint density at radius 2 is 2.17 bits per heavy atom. The average molecular weight is 407 g/mol. The maximum absolute atomic E-state index is 5.94. The van der Waals surface area contributed by atoms with E-state index in [2.05, 4.69) is 62.4 Å². The largest absolute Gasteiger partial charge is 0.493 e. The average Bonchev–Trinajstić information content (AvgIpc) is 3.07. The van der Waals surface area contributed by atoms with E-state index in [9.17, 15) is 0 Å². The van der Waals surface area contributed by atoms with Gasteiger partial charge in [0.15, 0.2) is 0 Å². The monoisotopic (exact) mass is 406 g/mol. The van der Waals surface area contributed by atoms with Crippen molar-refractivity contribution in [1.29, 1.82) is 0 Å². The number of hydrogen-bond donors (Lipinski definition) is 0. The summed E-state index contributed by atoms with van der Waals surface area (Å²) in [5.41, 5.74) is 2.53. The Morgan fingerprint density at radius 1 is 1.33 bits per heavy atom. The quantitative estimate of drug-likeness (QED) is 0.682. The predicted molar refractivity (Wildman–Crippen MR) is 101 cm³/mol. The number of aromatic nitrogens is 3. The number of hydrogen-bond acceptors (Lipinski definition) is 5. The van der Waals surface area contributed by atoms with Gasteiger partial charge in [-0.15, -0.1) is 0 Å². The summed E-state index contributed by atoms with van der Waals surface area (Å²) in [6.07, 6.45) is 0.928. The molecule has 0 radical (unpaired) electrons. The van der Waals surface area contributed by atoms with Crippen LogP contribution in [0.1, 0.15) is 37.7 Å². The van der Waals surface area contributed by atoms with Crippen LogP contribution in [0.3, 0.4) is 0 Å². The summed E-state index contributed by atoms with van der Waals surface area (Å²) in [6.45, 7) is 7.75. The van der Waals surface area contributed by atoms with Gasteiger partial charge in [-0.1, -0.05) is 15.9 Å². The number of ether oxygens (including phenoxy) is 1. The van der Waals surface area contributed by atoms with Crippen LogP contribution in [0.5, 0.6) is 5.75 Å². The van der Waals surface area contributed by atoms with Crippen molar-refractivity contribution in [3.05, 3.63) is 39.0 Å². The second kappa shape index (κ2) is 6.11. The van der Waals surface area contributed by atoms with E-state index in [4.69, 9.17) is 4.74 Å². The standard InChI is InChI=1S/C17H19BrN4OS/c1-10(2)22-17(19-11(3)20-22)21-9-14-13-5-4-12(18)8-15(13)23-7-6-16(14)24-21/h4-5,8,10H,6-7,9H2,1-3H3. The molecule has 0 N–H and O–H groups in total. The van der Waals surface area contributed by atoms with Crippen LogP contribution >= 0.6 is 27.9 Å². The van der Waals surface area contributed by atoms with Gasteiger partial charge in [0.2, 0.25) is 5.95 Å². The van der Waals surface area contributed by atoms with Gasteiger partial charge in [0.1, 0.15) is 11.6 Å². The fourth-order valence-corrected chi connectivity index (χ4v) is 4.51. The molecule has 0 spiro atoms. The van der Waals surface area contributed by atoms with Crippen molar-refractivity contribution in [1.82, 2.24) is 14.8 Å². The third-order valence-corrected chi connectivity index (χ3v) is 5.82. The maximum Gasteiger partial charge on any atom is 0.235 e. The first-order valence-corrected chi connectivity index (χ1v) is 9.63. The lowest BCUT2D eigenvalue weighted by molar-refractivity contribution is 0.325. The zero-order valence-corrected chi connectivity index (χ0v) is 16.3. The Kier molecular flexibility index (Phi) is 4.08. The van der Waals surface area contributed by atoms with E-state index in [1.807, 2.05) is 11.6 Å². The van der Waals surface area contributed by atoms with Gasteiger partial charge in [0.25, 0.3) is 0 Å². The molecule has 7 heteroatoms. The van der Waals surface area contributed by atoms with Crippen molar-refractivity contribution in [2.75, 3.05) is 17.5 Å². The zero-order valence-electron chi connectivity index (χ0n) is 13.9. The van der Waals surface area contributed by atoms with Crippen molar-refractivity contribution >= 4 is 39.4 Å². The highest BCUT2D eigenvalue weighted by Gasteiger charge is 2.31. The molecule has 24 heavy (non-hydrogen) atoms. The molecule has 0 aliphatic carbocycles. The van der Waals surface area contributed by atoms with Crippen LogP contribution in [0.25, 0.3) is 5.57 Å². The number of benzene rings is 1. The molecular formula is C17H19BrN4OS. The fraction of sp³-hybridized carbons (Fsp3) is 0.412. The molecule has 126 valence electrons. The highest BCUT2D eigenvalue weighted by molar-refractivity contribution is 9.10. The molecule has 2 aromatic rings. The Bertz CT molecular complexity index is 830. The van der Waals surface area contributed by atoms with E-state index in [1.54, 1.807) is 11.9 Å². The lowest BCUT2D eigenvalue weighted by Crippen LogP contribution is -2.19. The van der Waals surface area contributed by atoms with Gasteiger partial charge in [-0.05, 0) is 56.5 Å². The van der Waals surface area contributed by atoms with Crippen molar-refractivity contribution in [2.24, 2.45) is 0 Å². The molecule has 0 fully saturated rings. The first-order valence-electron chi connectivity index (χ1n) is 8.06. The first-order chi connectivity index (χ1) is 11.5. The van der Waals surface area contributed by atoms with Gasteiger partial charge in [-0.2, -0.15) is 10.1 Å². The Morgan fingerprint density at radius 3 is 2.96 bits per heavy atom. The van der Waals surface area contributed by atoms with Gasteiger partial charge in [-0.25, -0.2) is 4.68 Å². The Balaban J connectivity index is 1.70. The number of fused-ring (bicyclic) bond motifs is 2. The van der Waals surface area contributed by atoms with Gasteiger partial charge in [-0.3, -0.25) is 4.31 Å². The molecule has 0 saturated heterocycles. The van der Waals surface area contributed by atoms with E-state index < -0.39 is 0 Å². The summed E-state index contributed by atoms with van der Waals surface area (Å²) in [5, 5.41) is 4.55. The van der Waals surface area contributed by atoms with Crippen LogP contribution in [0.15, 0.2) is 27.6 Å². The Hall–Kier alpha value is -1.47. The molecule has 5 nitrogen and oxygen atoms in total. The van der Waals surface area contributed by atoms with Crippen LogP contribution in [0.2, 0.25) is 0 Å². The van der Waals surface area contributed by atoms with Crippen LogP contribution in [0.4, 0.5) is 5.95 Å². The molecule has 1 aromatic heterocycles. The second-order valence-electron chi connectivity index (χ2n) is 6.27. The molecule has 1 aromatic carbocycles. The van der Waals surface area contributed by atoms with E-state index in [-0.39, 0.29) is 6.04 Å². The smallest absolute Gasteiger partial charge is 0.235 e. The second-order valence-corrected chi connectivity index (χ2v) is 8.30. The van der Waals surface area contributed by atoms with Crippen molar-refractivity contribution in [3.8, 4) is 5.75 Å². The summed E-state index contributed by atoms with van der Waals surface area (Å²) >= 11 is 5.30. The van der Waals surface area contributed by atoms with Gasteiger partial charge in [0.05, 0.1) is 19.2 Å². The van der Waals surface area contributed by atoms with E-state index >= 15 is 0 Å². The number of halogens is 1. The molecule has 4 rings (SSSR count). The lowest BCUT2D eigenvalue weighted by atomic mass is 10.0. The van der Waals surface area contributed by atoms with Gasteiger partial charge < -0.3 is 4.74 Å². The molecule has 0 amide bonds. The molecular weight excluding hydrogens is 388 g/mol. The molecule has 0 bridgehead atoms. The van der Waals surface area contributed by atoms with E-state index in [0.717, 1.165) is 35.0 Å². The van der Waals surface area contributed by atoms with E-state index in [1.165, 1.54) is 16.0 Å². The SMILES string of the molecule is Cc1nc(N2CC3=C(CCOc4cc(Br)ccc43)S2)n(C(C)C)n1. The molecule has 0 saturated carbocycles. The molecule has 2 aliphatic rings. The number of anilines is 1. The summed E-state index contributed by atoms with van der Waals surface area (Å²) < 4.78 is 11.2. The molecule has 0 atom stereocenters. The summed E-state index contributed by atoms with van der Waals surface area (Å²) in [4.78, 5) is 6.02. The lowest BCUT2D eigenvalue weighted by Gasteiger charge is -2.19. The summed E-state index contributed by atoms with van der Waals surface area (Å²) in [5.74, 6) is 2.70. The molecule has 0 unspecified atom stereocenters. The zero-order chi connectivity index (χ0) is 16.8. The van der Waals surface area contributed by atoms with Crippen LogP contribution in [-0.4, -0.2) is 27.9 Å². The highest BCUT2D eigenvalue weighted by Crippen LogP contribution is 2.46. The summed E-state index contributed by atoms with van der Waals surface area (Å²) in [7, 11) is 0. The number of aryl methyl sites for hydroxylation is 1. The highest BCUT2D eigenvalue weighted by atomic mass is 79.9. The van der Waals surface area contributed by atoms with Crippen molar-refractivity contribution < 1.29 is 4.74 Å². The van der Waals surface area contributed by atoms with Gasteiger partial charge >= 0.3 is 0 Å². The fourth-order valence-electron chi connectivity index (χ4n) is 3.05. The third-order valence-electron chi connectivity index (χ3n) is 4.15. The number of rotatable bonds is 2. The van der Waals surface area contributed by atoms with Gasteiger partial charge in [0, 0.05) is 21.4 Å². The number of nitrogens with zero attached hydrogens (tertiary/aromatic N) is 4. The topological polar surface area (TPSA) is 43.2 Å². The minimum atomic E-state index is 0.286. The Labute approximate surface area is 154 Å². The third kappa shape index (κ3) is 2.73. The van der Waals surface area contributed by atoms with Crippen molar-refractivity contribution in [3.63, 3.8) is 0 Å². The summed E-state index contributed by atoms with van der Waals surface area (Å²) in [6, 6.07) is 6.56. The normalized spacial score (nSPS) is 17.0. The molecule has 3 heterocycles. The van der Waals surface area contributed by atoms with E-state index in [0.29, 0.717) is 6.61 Å². The van der Waals surface area contributed by atoms with Crippen molar-refractivity contribution in [2.45, 2.75) is 33.2 Å².